The highest BCUT2D eigenvalue weighted by Gasteiger charge is 2.13. The number of nitriles is 2. The number of nitrogens with zero attached hydrogens (tertiary/aromatic N) is 5. The zero-order valence-corrected chi connectivity index (χ0v) is 11.5. The van der Waals surface area contributed by atoms with Gasteiger partial charge in [-0.05, 0) is 24.3 Å². The molecule has 0 saturated heterocycles. The van der Waals surface area contributed by atoms with E-state index < -0.39 is 0 Å². The monoisotopic (exact) mass is 293 g/mol. The van der Waals surface area contributed by atoms with E-state index in [9.17, 15) is 0 Å². The van der Waals surface area contributed by atoms with Gasteiger partial charge in [-0.2, -0.15) is 10.5 Å². The summed E-state index contributed by atoms with van der Waals surface area (Å²) < 4.78 is 1.87. The summed E-state index contributed by atoms with van der Waals surface area (Å²) in [6.45, 7) is 0. The summed E-state index contributed by atoms with van der Waals surface area (Å²) in [5, 5.41) is 18.1. The van der Waals surface area contributed by atoms with Crippen LogP contribution in [0, 0.1) is 22.7 Å². The number of pyridine rings is 1. The predicted molar refractivity (Wildman–Crippen MR) is 77.9 cm³/mol. The fourth-order valence-corrected chi connectivity index (χ4v) is 2.40. The van der Waals surface area contributed by atoms with Gasteiger partial charge in [0.1, 0.15) is 23.5 Å². The van der Waals surface area contributed by atoms with Crippen LogP contribution in [0.5, 0.6) is 0 Å². The Morgan fingerprint density at radius 1 is 1.14 bits per heavy atom. The number of alkyl halides is 1. The molecule has 1 aromatic carbocycles. The molecule has 0 atom stereocenters. The maximum atomic E-state index is 9.15. The minimum atomic E-state index is 0.233. The zero-order valence-electron chi connectivity index (χ0n) is 10.8. The first-order chi connectivity index (χ1) is 10.3. The first-order valence-electron chi connectivity index (χ1n) is 6.10. The number of hydrogen-bond donors (Lipinski definition) is 0. The molecule has 0 aliphatic heterocycles. The van der Waals surface area contributed by atoms with Gasteiger partial charge in [-0.3, -0.25) is 9.55 Å². The lowest BCUT2D eigenvalue weighted by molar-refractivity contribution is 0.981. The van der Waals surface area contributed by atoms with Crippen molar-refractivity contribution >= 4 is 22.6 Å². The van der Waals surface area contributed by atoms with E-state index in [1.54, 1.807) is 30.6 Å². The molecule has 0 aliphatic rings. The third-order valence-electron chi connectivity index (χ3n) is 3.15. The molecule has 0 fully saturated rings. The topological polar surface area (TPSA) is 78.3 Å². The lowest BCUT2D eigenvalue weighted by Crippen LogP contribution is -2.00. The van der Waals surface area contributed by atoms with Gasteiger partial charge in [0.2, 0.25) is 0 Å². The molecular weight excluding hydrogens is 286 g/mol. The number of halogens is 1. The number of benzene rings is 1. The van der Waals surface area contributed by atoms with Crippen molar-refractivity contribution in [2.24, 2.45) is 0 Å². The molecule has 0 unspecified atom stereocenters. The summed E-state index contributed by atoms with van der Waals surface area (Å²) in [6.07, 6.45) is 3.34. The number of aromatic nitrogens is 3. The molecule has 0 amide bonds. The van der Waals surface area contributed by atoms with Crippen LogP contribution in [-0.2, 0) is 5.88 Å². The maximum Gasteiger partial charge on any atom is 0.129 e. The van der Waals surface area contributed by atoms with Crippen molar-refractivity contribution in [3.63, 3.8) is 0 Å². The molecule has 0 spiro atoms. The smallest absolute Gasteiger partial charge is 0.129 e. The molecule has 0 saturated carbocycles. The molecule has 0 radical (unpaired) electrons. The second-order valence-electron chi connectivity index (χ2n) is 4.31. The Morgan fingerprint density at radius 2 is 1.95 bits per heavy atom. The van der Waals surface area contributed by atoms with Gasteiger partial charge < -0.3 is 0 Å². The number of fused-ring (bicyclic) bond motifs is 1. The molecule has 100 valence electrons. The summed E-state index contributed by atoms with van der Waals surface area (Å²) in [5.41, 5.74) is 3.01. The summed E-state index contributed by atoms with van der Waals surface area (Å²) in [7, 11) is 0. The van der Waals surface area contributed by atoms with Crippen LogP contribution in [0.4, 0.5) is 0 Å². The van der Waals surface area contributed by atoms with Crippen LogP contribution in [-0.4, -0.2) is 14.5 Å². The molecule has 5 nitrogen and oxygen atoms in total. The van der Waals surface area contributed by atoms with Gasteiger partial charge in [-0.25, -0.2) is 4.98 Å². The van der Waals surface area contributed by atoms with Gasteiger partial charge in [-0.15, -0.1) is 11.6 Å². The Labute approximate surface area is 125 Å². The van der Waals surface area contributed by atoms with Crippen LogP contribution in [0.3, 0.4) is 0 Å². The van der Waals surface area contributed by atoms with E-state index >= 15 is 0 Å². The van der Waals surface area contributed by atoms with E-state index in [0.29, 0.717) is 17.0 Å². The standard InChI is InChI=1S/C15H8ClN5/c16-6-15-20-13-9-19-4-3-14(13)21(15)12-2-1-10(7-17)11(5-12)8-18/h1-5,9H,6H2. The maximum absolute atomic E-state index is 9.15. The van der Waals surface area contributed by atoms with Crippen molar-refractivity contribution < 1.29 is 0 Å². The van der Waals surface area contributed by atoms with E-state index in [4.69, 9.17) is 22.1 Å². The van der Waals surface area contributed by atoms with Crippen molar-refractivity contribution in [3.8, 4) is 17.8 Å². The molecule has 6 heteroatoms. The van der Waals surface area contributed by atoms with Gasteiger partial charge in [0.15, 0.2) is 0 Å². The predicted octanol–water partition coefficient (Wildman–Crippen LogP) is 2.90. The second-order valence-corrected chi connectivity index (χ2v) is 4.58. The molecule has 0 N–H and O–H groups in total. The Hall–Kier alpha value is -2.89. The molecule has 3 rings (SSSR count). The Balaban J connectivity index is 2.30. The van der Waals surface area contributed by atoms with Crippen molar-refractivity contribution in [1.82, 2.24) is 14.5 Å². The second kappa shape index (κ2) is 5.24. The molecule has 21 heavy (non-hydrogen) atoms. The fraction of sp³-hybridized carbons (Fsp3) is 0.0667. The van der Waals surface area contributed by atoms with Gasteiger partial charge in [0, 0.05) is 11.9 Å². The van der Waals surface area contributed by atoms with Crippen molar-refractivity contribution in [2.45, 2.75) is 5.88 Å². The molecule has 0 aliphatic carbocycles. The number of rotatable bonds is 2. The quantitative estimate of drug-likeness (QED) is 0.681. The van der Waals surface area contributed by atoms with E-state index in [1.807, 2.05) is 22.8 Å². The average Bonchev–Trinajstić information content (AvgIpc) is 2.92. The first kappa shape index (κ1) is 13.1. The Morgan fingerprint density at radius 3 is 2.67 bits per heavy atom. The largest absolute Gasteiger partial charge is 0.295 e. The highest BCUT2D eigenvalue weighted by atomic mass is 35.5. The van der Waals surface area contributed by atoms with Crippen molar-refractivity contribution in [1.29, 1.82) is 10.5 Å². The molecule has 2 heterocycles. The Kier molecular flexibility index (Phi) is 3.27. The zero-order chi connectivity index (χ0) is 14.8. The minimum Gasteiger partial charge on any atom is -0.295 e. The van der Waals surface area contributed by atoms with E-state index in [2.05, 4.69) is 9.97 Å². The minimum absolute atomic E-state index is 0.233. The summed E-state index contributed by atoms with van der Waals surface area (Å²) in [5.74, 6) is 0.893. The van der Waals surface area contributed by atoms with Crippen LogP contribution in [0.2, 0.25) is 0 Å². The van der Waals surface area contributed by atoms with Gasteiger partial charge in [-0.1, -0.05) is 0 Å². The fourth-order valence-electron chi connectivity index (χ4n) is 2.22. The molecule has 3 aromatic rings. The van der Waals surface area contributed by atoms with Gasteiger partial charge >= 0.3 is 0 Å². The molecule has 2 aromatic heterocycles. The van der Waals surface area contributed by atoms with Gasteiger partial charge in [0.05, 0.1) is 28.7 Å². The summed E-state index contributed by atoms with van der Waals surface area (Å²) >= 11 is 5.96. The van der Waals surface area contributed by atoms with Crippen molar-refractivity contribution in [2.75, 3.05) is 0 Å². The molecule has 0 bridgehead atoms. The lowest BCUT2D eigenvalue weighted by Gasteiger charge is -2.08. The summed E-state index contributed by atoms with van der Waals surface area (Å²) in [4.78, 5) is 8.47. The average molecular weight is 294 g/mol. The number of imidazole rings is 1. The van der Waals surface area contributed by atoms with Crippen molar-refractivity contribution in [3.05, 3.63) is 53.6 Å². The highest BCUT2D eigenvalue weighted by molar-refractivity contribution is 6.17. The SMILES string of the molecule is N#Cc1ccc(-n2c(CCl)nc3cnccc32)cc1C#N. The Bertz CT molecular complexity index is 914. The third kappa shape index (κ3) is 2.10. The van der Waals surface area contributed by atoms with E-state index in [0.717, 1.165) is 16.7 Å². The lowest BCUT2D eigenvalue weighted by atomic mass is 10.1. The van der Waals surface area contributed by atoms with Crippen LogP contribution in [0.25, 0.3) is 16.7 Å². The number of hydrogen-bond acceptors (Lipinski definition) is 4. The van der Waals surface area contributed by atoms with Crippen LogP contribution >= 0.6 is 11.6 Å². The first-order valence-corrected chi connectivity index (χ1v) is 6.64. The third-order valence-corrected chi connectivity index (χ3v) is 3.39. The highest BCUT2D eigenvalue weighted by Crippen LogP contribution is 2.23. The van der Waals surface area contributed by atoms with Crippen LogP contribution in [0.1, 0.15) is 17.0 Å². The van der Waals surface area contributed by atoms with Gasteiger partial charge in [0.25, 0.3) is 0 Å². The molecular formula is C15H8ClN5. The normalized spacial score (nSPS) is 10.2. The summed E-state index contributed by atoms with van der Waals surface area (Å²) in [6, 6.07) is 10.9. The van der Waals surface area contributed by atoms with Crippen LogP contribution in [0.15, 0.2) is 36.7 Å². The van der Waals surface area contributed by atoms with E-state index in [1.165, 1.54) is 0 Å². The van der Waals surface area contributed by atoms with Crippen LogP contribution < -0.4 is 0 Å². The van der Waals surface area contributed by atoms with E-state index in [-0.39, 0.29) is 5.88 Å².